The van der Waals surface area contributed by atoms with Crippen molar-refractivity contribution in [1.29, 1.82) is 0 Å². The Bertz CT molecular complexity index is 1160. The van der Waals surface area contributed by atoms with Gasteiger partial charge >= 0.3 is 5.97 Å². The molecule has 0 aliphatic carbocycles. The number of carbonyl (C=O) groups is 1. The molecule has 0 radical (unpaired) electrons. The van der Waals surface area contributed by atoms with Crippen molar-refractivity contribution in [3.8, 4) is 5.75 Å². The van der Waals surface area contributed by atoms with Crippen molar-refractivity contribution in [2.45, 2.75) is 31.1 Å². The number of fused-ring (bicyclic) bond motifs is 1. The van der Waals surface area contributed by atoms with Crippen LogP contribution in [0.4, 0.5) is 0 Å². The third kappa shape index (κ3) is 4.04. The number of piperidine rings is 1. The number of nitrogens with zero attached hydrogens (tertiary/aromatic N) is 1. The van der Waals surface area contributed by atoms with Gasteiger partial charge in [-0.1, -0.05) is 42.8 Å². The summed E-state index contributed by atoms with van der Waals surface area (Å²) in [5.41, 5.74) is 0.845. The van der Waals surface area contributed by atoms with Gasteiger partial charge in [-0.15, -0.1) is 0 Å². The van der Waals surface area contributed by atoms with Gasteiger partial charge in [0, 0.05) is 13.1 Å². The van der Waals surface area contributed by atoms with E-state index in [-0.39, 0.29) is 10.5 Å². The highest BCUT2D eigenvalue weighted by Crippen LogP contribution is 2.26. The number of carbonyl (C=O) groups excluding carboxylic acids is 1. The number of hydrogen-bond acceptors (Lipinski definition) is 4. The molecule has 0 bridgehead atoms. The zero-order valence-electron chi connectivity index (χ0n) is 16.3. The first-order valence-corrected chi connectivity index (χ1v) is 11.2. The summed E-state index contributed by atoms with van der Waals surface area (Å²) in [7, 11) is -3.62. The molecule has 1 saturated heterocycles. The number of sulfonamides is 1. The summed E-state index contributed by atoms with van der Waals surface area (Å²) >= 11 is 0. The third-order valence-corrected chi connectivity index (χ3v) is 7.33. The monoisotopic (exact) mass is 409 g/mol. The van der Waals surface area contributed by atoms with Gasteiger partial charge in [0.2, 0.25) is 10.0 Å². The van der Waals surface area contributed by atoms with Crippen LogP contribution in [0.25, 0.3) is 10.8 Å². The van der Waals surface area contributed by atoms with E-state index in [1.165, 1.54) is 10.4 Å². The minimum atomic E-state index is -3.62. The van der Waals surface area contributed by atoms with Crippen LogP contribution in [0.3, 0.4) is 0 Å². The highest BCUT2D eigenvalue weighted by Gasteiger charge is 2.28. The maximum Gasteiger partial charge on any atom is 0.343 e. The van der Waals surface area contributed by atoms with Crippen molar-refractivity contribution >= 4 is 26.8 Å². The van der Waals surface area contributed by atoms with E-state index in [9.17, 15) is 13.2 Å². The molecule has 6 heteroatoms. The summed E-state index contributed by atoms with van der Waals surface area (Å²) in [5.74, 6) is -0.148. The maximum absolute atomic E-state index is 13.1. The van der Waals surface area contributed by atoms with Crippen LogP contribution < -0.4 is 4.74 Å². The summed E-state index contributed by atoms with van der Waals surface area (Å²) in [6.07, 6.45) is 2.77. The molecular weight excluding hydrogens is 386 g/mol. The van der Waals surface area contributed by atoms with Crippen molar-refractivity contribution in [3.63, 3.8) is 0 Å². The predicted octanol–water partition coefficient (Wildman–Crippen LogP) is 4.54. The van der Waals surface area contributed by atoms with Crippen molar-refractivity contribution < 1.29 is 17.9 Å². The smallest absolute Gasteiger partial charge is 0.343 e. The Morgan fingerprint density at radius 2 is 1.62 bits per heavy atom. The van der Waals surface area contributed by atoms with Crippen LogP contribution in [0.15, 0.2) is 65.6 Å². The van der Waals surface area contributed by atoms with Crippen molar-refractivity contribution in [2.24, 2.45) is 0 Å². The third-order valence-electron chi connectivity index (χ3n) is 5.29. The summed E-state index contributed by atoms with van der Waals surface area (Å²) in [6.45, 7) is 2.79. The van der Waals surface area contributed by atoms with Gasteiger partial charge in [0.1, 0.15) is 5.75 Å². The molecule has 150 valence electrons. The van der Waals surface area contributed by atoms with E-state index < -0.39 is 16.0 Å². The second-order valence-electron chi connectivity index (χ2n) is 7.34. The van der Waals surface area contributed by atoms with Crippen LogP contribution in [0.5, 0.6) is 5.75 Å². The van der Waals surface area contributed by atoms with Gasteiger partial charge in [0.25, 0.3) is 0 Å². The molecule has 1 heterocycles. The van der Waals surface area contributed by atoms with Crippen LogP contribution >= 0.6 is 0 Å². The Balaban J connectivity index is 1.61. The van der Waals surface area contributed by atoms with Crippen LogP contribution in [0.1, 0.15) is 35.2 Å². The van der Waals surface area contributed by atoms with E-state index >= 15 is 0 Å². The fourth-order valence-corrected chi connectivity index (χ4v) is 5.41. The minimum absolute atomic E-state index is 0.173. The Kier molecular flexibility index (Phi) is 5.39. The molecule has 0 aromatic heterocycles. The molecule has 0 atom stereocenters. The summed E-state index contributed by atoms with van der Waals surface area (Å²) in [5, 5.41) is 2.02. The molecule has 0 saturated carbocycles. The second-order valence-corrected chi connectivity index (χ2v) is 9.25. The number of benzene rings is 3. The first-order chi connectivity index (χ1) is 13.9. The summed E-state index contributed by atoms with van der Waals surface area (Å²) < 4.78 is 33.1. The highest BCUT2D eigenvalue weighted by molar-refractivity contribution is 7.89. The van der Waals surface area contributed by atoms with E-state index in [2.05, 4.69) is 0 Å². The Labute approximate surface area is 171 Å². The number of esters is 1. The Morgan fingerprint density at radius 1 is 0.897 bits per heavy atom. The zero-order chi connectivity index (χ0) is 20.4. The molecule has 5 nitrogen and oxygen atoms in total. The largest absolute Gasteiger partial charge is 0.423 e. The van der Waals surface area contributed by atoms with Crippen molar-refractivity contribution in [2.75, 3.05) is 13.1 Å². The fraction of sp³-hybridized carbons (Fsp3) is 0.261. The van der Waals surface area contributed by atoms with Gasteiger partial charge < -0.3 is 4.74 Å². The molecular formula is C23H23NO4S. The lowest BCUT2D eigenvalue weighted by Crippen LogP contribution is -2.36. The SMILES string of the molecule is Cc1ccc(C(=O)Oc2ccc3ccccc3c2)cc1S(=O)(=O)N1CCCCC1. The number of ether oxygens (including phenoxy) is 1. The Hall–Kier alpha value is -2.70. The van der Waals surface area contributed by atoms with E-state index in [0.717, 1.165) is 30.0 Å². The van der Waals surface area contributed by atoms with Crippen LogP contribution in [-0.2, 0) is 10.0 Å². The predicted molar refractivity (Wildman–Crippen MR) is 113 cm³/mol. The van der Waals surface area contributed by atoms with E-state index in [0.29, 0.717) is 24.4 Å². The first kappa shape index (κ1) is 19.6. The Morgan fingerprint density at radius 3 is 2.38 bits per heavy atom. The molecule has 3 aromatic rings. The van der Waals surface area contributed by atoms with Gasteiger partial charge in [-0.25, -0.2) is 13.2 Å². The van der Waals surface area contributed by atoms with Gasteiger partial charge in [0.05, 0.1) is 10.5 Å². The lowest BCUT2D eigenvalue weighted by atomic mass is 10.1. The highest BCUT2D eigenvalue weighted by atomic mass is 32.2. The molecule has 29 heavy (non-hydrogen) atoms. The normalized spacial score (nSPS) is 15.3. The minimum Gasteiger partial charge on any atom is -0.423 e. The van der Waals surface area contributed by atoms with Gasteiger partial charge in [-0.3, -0.25) is 0 Å². The van der Waals surface area contributed by atoms with Gasteiger partial charge in [0.15, 0.2) is 0 Å². The van der Waals surface area contributed by atoms with E-state index in [4.69, 9.17) is 4.74 Å². The number of rotatable bonds is 4. The van der Waals surface area contributed by atoms with Crippen LogP contribution in [0.2, 0.25) is 0 Å². The molecule has 1 aliphatic rings. The number of aryl methyl sites for hydroxylation is 1. The molecule has 0 spiro atoms. The maximum atomic E-state index is 13.1. The number of hydrogen-bond donors (Lipinski definition) is 0. The van der Waals surface area contributed by atoms with Crippen molar-refractivity contribution in [3.05, 3.63) is 71.8 Å². The second kappa shape index (κ2) is 7.97. The van der Waals surface area contributed by atoms with Crippen LogP contribution in [-0.4, -0.2) is 31.8 Å². The fourth-order valence-electron chi connectivity index (χ4n) is 3.65. The van der Waals surface area contributed by atoms with E-state index in [1.807, 2.05) is 30.3 Å². The topological polar surface area (TPSA) is 63.7 Å². The molecule has 1 aliphatic heterocycles. The van der Waals surface area contributed by atoms with E-state index in [1.54, 1.807) is 31.2 Å². The average Bonchev–Trinajstić information content (AvgIpc) is 2.74. The van der Waals surface area contributed by atoms with Crippen molar-refractivity contribution in [1.82, 2.24) is 4.31 Å². The molecule has 1 fully saturated rings. The quantitative estimate of drug-likeness (QED) is 0.469. The molecule has 3 aromatic carbocycles. The lowest BCUT2D eigenvalue weighted by molar-refractivity contribution is 0.0734. The lowest BCUT2D eigenvalue weighted by Gasteiger charge is -2.26. The molecule has 0 amide bonds. The zero-order valence-corrected chi connectivity index (χ0v) is 17.1. The summed E-state index contributed by atoms with van der Waals surface area (Å²) in [4.78, 5) is 12.9. The molecule has 0 unspecified atom stereocenters. The van der Waals surface area contributed by atoms with Crippen LogP contribution in [0, 0.1) is 6.92 Å². The van der Waals surface area contributed by atoms with Gasteiger partial charge in [-0.05, 0) is 60.4 Å². The standard InChI is InChI=1S/C23H23NO4S/c1-17-9-10-20(16-22(17)29(26,27)24-13-5-2-6-14-24)23(25)28-21-12-11-18-7-3-4-8-19(18)15-21/h3-4,7-12,15-16H,2,5-6,13-14H2,1H3. The first-order valence-electron chi connectivity index (χ1n) is 9.77. The summed E-state index contributed by atoms with van der Waals surface area (Å²) in [6, 6.07) is 17.9. The molecule has 4 rings (SSSR count). The average molecular weight is 410 g/mol. The van der Waals surface area contributed by atoms with Gasteiger partial charge in [-0.2, -0.15) is 4.31 Å². The molecule has 0 N–H and O–H groups in total.